The van der Waals surface area contributed by atoms with Gasteiger partial charge in [-0.25, -0.2) is 0 Å². The molecule has 0 aromatic heterocycles. The van der Waals surface area contributed by atoms with Crippen LogP contribution in [0.4, 0.5) is 5.69 Å². The first kappa shape index (κ1) is 39.4. The summed E-state index contributed by atoms with van der Waals surface area (Å²) in [4.78, 5) is 21.8. The van der Waals surface area contributed by atoms with Gasteiger partial charge in [-0.2, -0.15) is 0 Å². The summed E-state index contributed by atoms with van der Waals surface area (Å²) in [5.41, 5.74) is 1.20. The van der Waals surface area contributed by atoms with E-state index >= 15 is 0 Å². The van der Waals surface area contributed by atoms with Gasteiger partial charge < -0.3 is 30.3 Å². The van der Waals surface area contributed by atoms with Crippen LogP contribution in [0.1, 0.15) is 54.9 Å². The molecule has 0 radical (unpaired) electrons. The van der Waals surface area contributed by atoms with Crippen molar-refractivity contribution in [2.24, 2.45) is 5.92 Å². The average Bonchev–Trinajstić information content (AvgIpc) is 2.92. The van der Waals surface area contributed by atoms with Gasteiger partial charge in [0.2, 0.25) is 5.91 Å². The van der Waals surface area contributed by atoms with Crippen molar-refractivity contribution in [1.29, 1.82) is 0 Å². The van der Waals surface area contributed by atoms with Crippen molar-refractivity contribution in [1.82, 2.24) is 5.32 Å². The second kappa shape index (κ2) is 24.1. The topological polar surface area (TPSA) is 117 Å². The number of nitrogens with one attached hydrogen (secondary N) is 2. The number of hydrogen-bond acceptors (Lipinski definition) is 7. The zero-order valence-electron chi connectivity index (χ0n) is 25.6. The minimum absolute atomic E-state index is 0.0159. The third-order valence-electron chi connectivity index (χ3n) is 4.80. The van der Waals surface area contributed by atoms with Crippen molar-refractivity contribution in [2.45, 2.75) is 54.9 Å². The number of likely N-dealkylation sites (N-methyl/N-ethyl adjacent to an activating group) is 1. The first-order valence-electron chi connectivity index (χ1n) is 13.3. The lowest BCUT2D eigenvalue weighted by Crippen LogP contribution is -2.20. The average molecular weight is 591 g/mol. The largest absolute Gasteiger partial charge is 0.508 e. The van der Waals surface area contributed by atoms with Crippen LogP contribution in [0, 0.1) is 5.92 Å². The first-order chi connectivity index (χ1) is 19.4. The number of aliphatic hydroxyl groups excluding tert-OH is 1. The predicted octanol–water partition coefficient (Wildman–Crippen LogP) is 7.71. The van der Waals surface area contributed by atoms with Crippen LogP contribution >= 0.6 is 11.6 Å². The third kappa shape index (κ3) is 20.8. The molecule has 0 heterocycles. The van der Waals surface area contributed by atoms with Crippen molar-refractivity contribution in [3.8, 4) is 11.5 Å². The van der Waals surface area contributed by atoms with Crippen LogP contribution in [0.3, 0.4) is 0 Å². The summed E-state index contributed by atoms with van der Waals surface area (Å²) in [6.45, 7) is 17.3. The number of aliphatic hydroxyl groups is 1. The number of phenolic OH excluding ortho intramolecular Hbond substituents is 1. The van der Waals surface area contributed by atoms with E-state index in [2.05, 4.69) is 21.9 Å². The summed E-state index contributed by atoms with van der Waals surface area (Å²) in [5.74, 6) is 1.36. The van der Waals surface area contributed by atoms with Gasteiger partial charge >= 0.3 is 5.97 Å². The maximum absolute atomic E-state index is 11.5. The van der Waals surface area contributed by atoms with Crippen LogP contribution in [0.15, 0.2) is 89.4 Å². The summed E-state index contributed by atoms with van der Waals surface area (Å²) >= 11 is 5.41. The Hall–Kier alpha value is -3.75. The number of carbonyl (C=O) groups is 2. The van der Waals surface area contributed by atoms with Crippen LogP contribution in [0.25, 0.3) is 0 Å². The van der Waals surface area contributed by atoms with Gasteiger partial charge in [-0.15, -0.1) is 0 Å². The second-order valence-corrected chi connectivity index (χ2v) is 9.06. The molecule has 1 aromatic carbocycles. The molecule has 1 unspecified atom stereocenters. The van der Waals surface area contributed by atoms with Crippen molar-refractivity contribution < 1.29 is 29.3 Å². The third-order valence-corrected chi connectivity index (χ3v) is 4.92. The van der Waals surface area contributed by atoms with Crippen LogP contribution in [-0.2, 0) is 14.3 Å². The lowest BCUT2D eigenvalue weighted by Gasteiger charge is -2.15. The molecule has 0 aliphatic heterocycles. The number of anilines is 1. The first-order valence-corrected chi connectivity index (χ1v) is 13.7. The van der Waals surface area contributed by atoms with Gasteiger partial charge in [0.15, 0.2) is 0 Å². The highest BCUT2D eigenvalue weighted by Gasteiger charge is 2.10. The molecule has 0 aliphatic carbocycles. The molecule has 0 fully saturated rings. The number of esters is 1. The fourth-order valence-corrected chi connectivity index (χ4v) is 2.66. The lowest BCUT2D eigenvalue weighted by atomic mass is 10.1. The summed E-state index contributed by atoms with van der Waals surface area (Å²) in [7, 11) is 1.71. The molecular weight excluding hydrogens is 544 g/mol. The summed E-state index contributed by atoms with van der Waals surface area (Å²) in [6.07, 6.45) is 13.2. The number of carbonyl (C=O) groups excluding carboxylic acids is 2. The van der Waals surface area contributed by atoms with E-state index < -0.39 is 0 Å². The minimum atomic E-state index is -0.199. The van der Waals surface area contributed by atoms with E-state index in [4.69, 9.17) is 21.4 Å². The molecule has 41 heavy (non-hydrogen) atoms. The molecule has 0 aliphatic rings. The highest BCUT2D eigenvalue weighted by Crippen LogP contribution is 2.30. The number of hydrogen-bond donors (Lipinski definition) is 4. The van der Waals surface area contributed by atoms with E-state index in [1.165, 1.54) is 12.1 Å². The Kier molecular flexibility index (Phi) is 23.1. The zero-order valence-corrected chi connectivity index (χ0v) is 26.3. The Labute approximate surface area is 250 Å². The number of amides is 1. The Morgan fingerprint density at radius 2 is 1.80 bits per heavy atom. The van der Waals surface area contributed by atoms with Gasteiger partial charge in [-0.1, -0.05) is 56.3 Å². The number of halogens is 1. The maximum Gasteiger partial charge on any atom is 0.319 e. The smallest absolute Gasteiger partial charge is 0.319 e. The number of benzene rings is 1. The van der Waals surface area contributed by atoms with Crippen LogP contribution in [0.5, 0.6) is 11.5 Å². The number of aromatic hydroxyl groups is 1. The summed E-state index contributed by atoms with van der Waals surface area (Å²) < 4.78 is 10.5. The summed E-state index contributed by atoms with van der Waals surface area (Å²) in [5, 5.41) is 24.6. The normalized spacial score (nSPS) is 11.7. The Balaban J connectivity index is 0. The van der Waals surface area contributed by atoms with E-state index in [1.54, 1.807) is 39.1 Å². The lowest BCUT2D eigenvalue weighted by molar-refractivity contribution is -0.141. The SMILES string of the molecule is C/C=C\C=CC(C)/C(=C/C)Oc1ccc(O)c(NC(=O)CC)c1.C=C(Cl)/C=C\C(O)=C(C)C.CCOC(=O)CNC. The van der Waals surface area contributed by atoms with Gasteiger partial charge in [0, 0.05) is 23.4 Å². The van der Waals surface area contributed by atoms with Gasteiger partial charge in [0.25, 0.3) is 0 Å². The molecule has 8 nitrogen and oxygen atoms in total. The van der Waals surface area contributed by atoms with Crippen molar-refractivity contribution in [3.63, 3.8) is 0 Å². The molecule has 228 valence electrons. The minimum Gasteiger partial charge on any atom is -0.508 e. The van der Waals surface area contributed by atoms with E-state index in [0.717, 1.165) is 11.3 Å². The monoisotopic (exact) mass is 590 g/mol. The van der Waals surface area contributed by atoms with Crippen molar-refractivity contribution >= 4 is 29.2 Å². The zero-order chi connectivity index (χ0) is 31.8. The second-order valence-electron chi connectivity index (χ2n) is 8.57. The van der Waals surface area contributed by atoms with Crippen LogP contribution in [0.2, 0.25) is 0 Å². The summed E-state index contributed by atoms with van der Waals surface area (Å²) in [6, 6.07) is 4.80. The van der Waals surface area contributed by atoms with Crippen molar-refractivity contribution in [2.75, 3.05) is 25.5 Å². The molecule has 0 spiro atoms. The fourth-order valence-electron chi connectivity index (χ4n) is 2.60. The molecular formula is C32H47ClN2O6. The van der Waals surface area contributed by atoms with E-state index in [1.807, 2.05) is 65.0 Å². The standard InChI is InChI=1S/C19H25NO3.C8H11ClO.C5H11NO2/c1-5-8-9-10-14(4)18(6-2)23-15-11-12-17(21)16(13-15)20-19(22)7-3;1-6(2)8(10)5-4-7(3)9;1-3-8-5(7)4-6-2/h5-6,8-14,21H,7H2,1-4H3,(H,20,22);4-5,10H,3H2,1-2H3;6H,3-4H2,1-2H3/b8-5-,10-9?,18-6-;5-4-;. The van der Waals surface area contributed by atoms with E-state index in [-0.39, 0.29) is 29.3 Å². The number of phenols is 1. The molecule has 0 saturated carbocycles. The molecule has 9 heteroatoms. The molecule has 1 atom stereocenters. The predicted molar refractivity (Wildman–Crippen MR) is 170 cm³/mol. The number of rotatable bonds is 12. The van der Waals surface area contributed by atoms with Gasteiger partial charge in [-0.05, 0) is 77.6 Å². The Morgan fingerprint density at radius 3 is 2.29 bits per heavy atom. The highest BCUT2D eigenvalue weighted by molar-refractivity contribution is 6.30. The molecule has 1 amide bonds. The van der Waals surface area contributed by atoms with Gasteiger partial charge in [0.1, 0.15) is 23.0 Å². The molecule has 0 bridgehead atoms. The van der Waals surface area contributed by atoms with Crippen LogP contribution in [-0.4, -0.2) is 42.3 Å². The van der Waals surface area contributed by atoms with Gasteiger partial charge in [0.05, 0.1) is 18.8 Å². The van der Waals surface area contributed by atoms with Crippen molar-refractivity contribution in [3.05, 3.63) is 89.4 Å². The Bertz CT molecular complexity index is 1090. The van der Waals surface area contributed by atoms with E-state index in [9.17, 15) is 14.7 Å². The molecule has 1 rings (SSSR count). The highest BCUT2D eigenvalue weighted by atomic mass is 35.5. The number of allylic oxidation sites excluding steroid dienone is 9. The van der Waals surface area contributed by atoms with Gasteiger partial charge in [-0.3, -0.25) is 9.59 Å². The Morgan fingerprint density at radius 1 is 1.15 bits per heavy atom. The maximum atomic E-state index is 11.5. The molecule has 4 N–H and O–H groups in total. The fraction of sp³-hybridized carbons (Fsp3) is 0.375. The molecule has 1 aromatic rings. The number of ether oxygens (including phenoxy) is 2. The van der Waals surface area contributed by atoms with Crippen LogP contribution < -0.4 is 15.4 Å². The van der Waals surface area contributed by atoms with E-state index in [0.29, 0.717) is 36.0 Å². The molecule has 0 saturated heterocycles. The quantitative estimate of drug-likeness (QED) is 0.0852.